The van der Waals surface area contributed by atoms with Gasteiger partial charge < -0.3 is 19.0 Å². The van der Waals surface area contributed by atoms with Gasteiger partial charge in [0.1, 0.15) is 11.4 Å². The van der Waals surface area contributed by atoms with Gasteiger partial charge in [-0.1, -0.05) is 0 Å². The minimum Gasteiger partial charge on any atom is -0.497 e. The van der Waals surface area contributed by atoms with E-state index >= 15 is 0 Å². The number of carbonyl (C=O) groups is 1. The van der Waals surface area contributed by atoms with Crippen LogP contribution in [0, 0.1) is 5.92 Å². The van der Waals surface area contributed by atoms with Crippen molar-refractivity contribution < 1.29 is 23.8 Å². The van der Waals surface area contributed by atoms with Gasteiger partial charge in [-0.2, -0.15) is 5.10 Å². The quantitative estimate of drug-likeness (QED) is 0.718. The number of rotatable bonds is 5. The normalized spacial score (nSPS) is 16.0. The van der Waals surface area contributed by atoms with Gasteiger partial charge in [0, 0.05) is 18.5 Å². The van der Waals surface area contributed by atoms with Crippen LogP contribution in [0.4, 0.5) is 4.79 Å². The zero-order chi connectivity index (χ0) is 20.1. The van der Waals surface area contributed by atoms with E-state index in [2.05, 4.69) is 10.2 Å². The first kappa shape index (κ1) is 20.1. The summed E-state index contributed by atoms with van der Waals surface area (Å²) < 4.78 is 16.4. The lowest BCUT2D eigenvalue weighted by molar-refractivity contribution is -0.156. The van der Waals surface area contributed by atoms with Gasteiger partial charge in [0.05, 0.1) is 25.3 Å². The predicted molar refractivity (Wildman–Crippen MR) is 103 cm³/mol. The molecule has 152 valence electrons. The molecule has 1 saturated heterocycles. The van der Waals surface area contributed by atoms with Crippen LogP contribution >= 0.6 is 0 Å². The number of hydrogen-bond acceptors (Lipinski definition) is 8. The molecule has 8 heteroatoms. The number of benzene rings is 1. The van der Waals surface area contributed by atoms with Crippen LogP contribution in [0.3, 0.4) is 0 Å². The van der Waals surface area contributed by atoms with Crippen molar-refractivity contribution in [3.8, 4) is 11.6 Å². The number of hydroxylamine groups is 2. The van der Waals surface area contributed by atoms with Crippen molar-refractivity contribution in [1.82, 2.24) is 15.3 Å². The van der Waals surface area contributed by atoms with Crippen molar-refractivity contribution >= 4 is 16.9 Å². The summed E-state index contributed by atoms with van der Waals surface area (Å²) in [5, 5.41) is 11.6. The molecule has 0 bridgehead atoms. The summed E-state index contributed by atoms with van der Waals surface area (Å²) in [6.45, 7) is 7.24. The zero-order valence-electron chi connectivity index (χ0n) is 16.8. The predicted octanol–water partition coefficient (Wildman–Crippen LogP) is 3.60. The summed E-state index contributed by atoms with van der Waals surface area (Å²) in [7, 11) is 1.63. The van der Waals surface area contributed by atoms with E-state index in [1.807, 2.05) is 39.0 Å². The first-order valence-corrected chi connectivity index (χ1v) is 9.42. The van der Waals surface area contributed by atoms with Crippen molar-refractivity contribution in [2.75, 3.05) is 26.8 Å². The monoisotopic (exact) mass is 389 g/mol. The van der Waals surface area contributed by atoms with Gasteiger partial charge in [-0.25, -0.2) is 4.79 Å². The molecule has 0 N–H and O–H groups in total. The number of nitrogens with zero attached hydrogens (tertiary/aromatic N) is 3. The van der Waals surface area contributed by atoms with Gasteiger partial charge in [0.15, 0.2) is 0 Å². The highest BCUT2D eigenvalue weighted by Crippen LogP contribution is 2.27. The van der Waals surface area contributed by atoms with Crippen LogP contribution in [0.15, 0.2) is 24.4 Å². The summed E-state index contributed by atoms with van der Waals surface area (Å²) in [6.07, 6.45) is 2.74. The summed E-state index contributed by atoms with van der Waals surface area (Å²) >= 11 is 0. The van der Waals surface area contributed by atoms with Crippen LogP contribution < -0.4 is 9.47 Å². The van der Waals surface area contributed by atoms with Crippen LogP contribution in [0.2, 0.25) is 0 Å². The Labute approximate surface area is 164 Å². The van der Waals surface area contributed by atoms with Gasteiger partial charge in [-0.3, -0.25) is 0 Å². The maximum absolute atomic E-state index is 11.8. The molecule has 1 aromatic heterocycles. The maximum atomic E-state index is 11.8. The minimum absolute atomic E-state index is 0.348. The molecule has 0 amide bonds. The number of hydrogen-bond donors (Lipinski definition) is 0. The Morgan fingerprint density at radius 3 is 2.68 bits per heavy atom. The van der Waals surface area contributed by atoms with Crippen molar-refractivity contribution in [3.63, 3.8) is 0 Å². The van der Waals surface area contributed by atoms with E-state index in [0.29, 0.717) is 31.5 Å². The molecule has 3 rings (SSSR count). The molecule has 0 atom stereocenters. The lowest BCUT2D eigenvalue weighted by atomic mass is 9.99. The number of methoxy groups -OCH3 is 1. The molecule has 1 aliphatic heterocycles. The Bertz CT molecular complexity index is 813. The summed E-state index contributed by atoms with van der Waals surface area (Å²) in [5.41, 5.74) is -0.564. The molecule has 1 aromatic carbocycles. The van der Waals surface area contributed by atoms with Crippen LogP contribution in [-0.4, -0.2) is 53.8 Å². The first-order valence-electron chi connectivity index (χ1n) is 9.42. The highest BCUT2D eigenvalue weighted by Gasteiger charge is 2.25. The fourth-order valence-corrected chi connectivity index (χ4v) is 3.00. The molecule has 8 nitrogen and oxygen atoms in total. The molecular weight excluding hydrogens is 362 g/mol. The maximum Gasteiger partial charge on any atom is 0.528 e. The topological polar surface area (TPSA) is 83.0 Å². The van der Waals surface area contributed by atoms with Crippen LogP contribution in [0.1, 0.15) is 33.6 Å². The molecule has 0 unspecified atom stereocenters. The highest BCUT2D eigenvalue weighted by molar-refractivity contribution is 5.87. The molecule has 1 fully saturated rings. The third-order valence-electron chi connectivity index (χ3n) is 4.46. The van der Waals surface area contributed by atoms with E-state index in [-0.39, 0.29) is 0 Å². The number of carbonyl (C=O) groups excluding carboxylic acids is 1. The average Bonchev–Trinajstić information content (AvgIpc) is 2.65. The standard InChI is InChI=1S/C20H27N3O5/c1-20(2,3)27-19(24)28-23-9-7-14(8-10-23)13-26-18-17-11-16(25-4)6-5-15(17)12-21-22-18/h5-6,11-12,14H,7-10,13H2,1-4H3. The van der Waals surface area contributed by atoms with Crippen molar-refractivity contribution in [1.29, 1.82) is 0 Å². The van der Waals surface area contributed by atoms with Crippen LogP contribution in [-0.2, 0) is 9.57 Å². The summed E-state index contributed by atoms with van der Waals surface area (Å²) in [5.74, 6) is 1.60. The minimum atomic E-state index is -0.665. The van der Waals surface area contributed by atoms with E-state index < -0.39 is 11.8 Å². The Hall–Kier alpha value is -2.61. The molecule has 28 heavy (non-hydrogen) atoms. The second kappa shape index (κ2) is 8.60. The largest absolute Gasteiger partial charge is 0.528 e. The van der Waals surface area contributed by atoms with Crippen LogP contribution in [0.25, 0.3) is 10.8 Å². The Morgan fingerprint density at radius 1 is 1.25 bits per heavy atom. The SMILES string of the molecule is COc1ccc2cnnc(OCC3CCN(OC(=O)OC(C)(C)C)CC3)c2c1. The molecule has 2 heterocycles. The average molecular weight is 389 g/mol. The molecular formula is C20H27N3O5. The fraction of sp³-hybridized carbons (Fsp3) is 0.550. The Kier molecular flexibility index (Phi) is 6.18. The highest BCUT2D eigenvalue weighted by atomic mass is 16.8. The molecule has 1 aliphatic rings. The van der Waals surface area contributed by atoms with Gasteiger partial charge in [0.25, 0.3) is 0 Å². The van der Waals surface area contributed by atoms with Crippen molar-refractivity contribution in [3.05, 3.63) is 24.4 Å². The molecule has 0 radical (unpaired) electrons. The van der Waals surface area contributed by atoms with Gasteiger partial charge in [-0.05, 0) is 57.7 Å². The second-order valence-corrected chi connectivity index (χ2v) is 7.84. The second-order valence-electron chi connectivity index (χ2n) is 7.84. The van der Waals surface area contributed by atoms with Gasteiger partial charge >= 0.3 is 6.16 Å². The summed E-state index contributed by atoms with van der Waals surface area (Å²) in [4.78, 5) is 17.0. The van der Waals surface area contributed by atoms with Crippen molar-refractivity contribution in [2.24, 2.45) is 5.92 Å². The van der Waals surface area contributed by atoms with E-state index in [0.717, 1.165) is 29.4 Å². The first-order chi connectivity index (χ1) is 13.3. The summed E-state index contributed by atoms with van der Waals surface area (Å²) in [6, 6.07) is 5.72. The number of aromatic nitrogens is 2. The molecule has 0 saturated carbocycles. The van der Waals surface area contributed by atoms with E-state index in [1.54, 1.807) is 18.4 Å². The molecule has 0 aliphatic carbocycles. The van der Waals surface area contributed by atoms with E-state index in [4.69, 9.17) is 19.0 Å². The lowest BCUT2D eigenvalue weighted by Gasteiger charge is -2.30. The molecule has 2 aromatic rings. The fourth-order valence-electron chi connectivity index (χ4n) is 3.00. The van der Waals surface area contributed by atoms with Gasteiger partial charge in [0.2, 0.25) is 5.88 Å². The zero-order valence-corrected chi connectivity index (χ0v) is 16.8. The van der Waals surface area contributed by atoms with Crippen molar-refractivity contribution in [2.45, 2.75) is 39.2 Å². The Balaban J connectivity index is 1.51. The number of fused-ring (bicyclic) bond motifs is 1. The van der Waals surface area contributed by atoms with E-state index in [1.165, 1.54) is 0 Å². The smallest absolute Gasteiger partial charge is 0.497 e. The molecule has 0 spiro atoms. The Morgan fingerprint density at radius 2 is 2.00 bits per heavy atom. The number of piperidine rings is 1. The van der Waals surface area contributed by atoms with E-state index in [9.17, 15) is 4.79 Å². The lowest BCUT2D eigenvalue weighted by Crippen LogP contribution is -2.38. The third-order valence-corrected chi connectivity index (χ3v) is 4.46. The third kappa shape index (κ3) is 5.45. The van der Waals surface area contributed by atoms with Crippen LogP contribution in [0.5, 0.6) is 11.6 Å². The number of ether oxygens (including phenoxy) is 3. The van der Waals surface area contributed by atoms with Gasteiger partial charge in [-0.15, -0.1) is 10.2 Å².